The number of fused-ring (bicyclic) bond motifs is 2. The molecule has 3 heterocycles. The van der Waals surface area contributed by atoms with E-state index in [4.69, 9.17) is 5.26 Å². The molecular formula is C24H19N7O4S. The second kappa shape index (κ2) is 9.20. The van der Waals surface area contributed by atoms with Crippen molar-refractivity contribution in [1.29, 1.82) is 5.26 Å². The monoisotopic (exact) mass is 501 g/mol. The average Bonchev–Trinajstić information content (AvgIpc) is 3.61. The largest absolute Gasteiger partial charge is 0.478 e. The number of carboxylic acids is 1. The first-order valence-corrected chi connectivity index (χ1v) is 11.8. The number of carbonyl (C=O) groups is 3. The van der Waals surface area contributed by atoms with E-state index in [2.05, 4.69) is 31.8 Å². The molecular weight excluding hydrogens is 482 g/mol. The summed E-state index contributed by atoms with van der Waals surface area (Å²) >= 11 is 1.28. The molecule has 1 aliphatic carbocycles. The van der Waals surface area contributed by atoms with Gasteiger partial charge in [0.25, 0.3) is 17.6 Å². The van der Waals surface area contributed by atoms with Crippen LogP contribution in [-0.4, -0.2) is 42.5 Å². The van der Waals surface area contributed by atoms with Crippen LogP contribution in [0.1, 0.15) is 70.2 Å². The number of carboxylic acid groups (broad SMARTS) is 1. The highest BCUT2D eigenvalue weighted by atomic mass is 32.1. The summed E-state index contributed by atoms with van der Waals surface area (Å²) < 4.78 is 1.26. The Hall–Kier alpha value is -4.63. The third-order valence-corrected chi connectivity index (χ3v) is 7.13. The number of hydrogen-bond acceptors (Lipinski definition) is 8. The van der Waals surface area contributed by atoms with Crippen molar-refractivity contribution in [3.63, 3.8) is 0 Å². The summed E-state index contributed by atoms with van der Waals surface area (Å²) in [6, 6.07) is 9.83. The summed E-state index contributed by atoms with van der Waals surface area (Å²) in [5.74, 6) is -1.84. The van der Waals surface area contributed by atoms with Crippen molar-refractivity contribution >= 4 is 34.9 Å². The fourth-order valence-electron chi connectivity index (χ4n) is 4.38. The predicted octanol–water partition coefficient (Wildman–Crippen LogP) is 2.41. The van der Waals surface area contributed by atoms with E-state index in [1.165, 1.54) is 28.2 Å². The van der Waals surface area contributed by atoms with Crippen LogP contribution in [0.4, 0.5) is 0 Å². The molecule has 0 radical (unpaired) electrons. The number of amides is 2. The van der Waals surface area contributed by atoms with E-state index in [9.17, 15) is 19.5 Å². The Bertz CT molecular complexity index is 1580. The van der Waals surface area contributed by atoms with E-state index in [0.29, 0.717) is 23.3 Å². The summed E-state index contributed by atoms with van der Waals surface area (Å²) in [7, 11) is 0. The first-order chi connectivity index (χ1) is 17.4. The number of nitriles is 1. The fourth-order valence-corrected chi connectivity index (χ4v) is 5.12. The van der Waals surface area contributed by atoms with Gasteiger partial charge in [-0.05, 0) is 54.7 Å². The lowest BCUT2D eigenvalue weighted by molar-refractivity contribution is 0.0695. The van der Waals surface area contributed by atoms with Gasteiger partial charge in [0.05, 0.1) is 18.2 Å². The van der Waals surface area contributed by atoms with Crippen LogP contribution in [0.15, 0.2) is 36.7 Å². The molecule has 180 valence electrons. The smallest absolute Gasteiger partial charge is 0.335 e. The Kier molecular flexibility index (Phi) is 5.91. The number of thiophene rings is 1. The molecule has 0 aliphatic heterocycles. The van der Waals surface area contributed by atoms with Gasteiger partial charge in [0.1, 0.15) is 28.7 Å². The minimum atomic E-state index is -0.983. The zero-order chi connectivity index (χ0) is 25.4. The number of nitrogens with one attached hydrogen (secondary N) is 2. The fraction of sp³-hybridized carbons (Fsp3) is 0.208. The van der Waals surface area contributed by atoms with Crippen LogP contribution in [0, 0.1) is 18.3 Å². The molecule has 12 heteroatoms. The lowest BCUT2D eigenvalue weighted by atomic mass is 9.98. The number of rotatable bonds is 6. The standard InChI is InChI=1S/C24H19N7O4S/c1-12-15-6-7-18(17(15)5-4-16(12)23(34)35)29-22(33)20-8-19(30-24-27-11-28-31(20)24)21(32)26-10-14-3-2-13(9-25)36-14/h2-5,8,11,18H,6-7,10H2,1H3,(H,26,32)(H,29,33)(H,34,35)/t18-/m1/s1. The molecule has 36 heavy (non-hydrogen) atoms. The highest BCUT2D eigenvalue weighted by Crippen LogP contribution is 2.34. The highest BCUT2D eigenvalue weighted by Gasteiger charge is 2.29. The molecule has 0 fully saturated rings. The number of aromatic carboxylic acids is 1. The van der Waals surface area contributed by atoms with Gasteiger partial charge in [-0.1, -0.05) is 6.07 Å². The number of hydrogen-bond donors (Lipinski definition) is 3. The summed E-state index contributed by atoms with van der Waals surface area (Å²) in [5, 5.41) is 28.1. The molecule has 11 nitrogen and oxygen atoms in total. The predicted molar refractivity (Wildman–Crippen MR) is 128 cm³/mol. The summed E-state index contributed by atoms with van der Waals surface area (Å²) in [6.07, 6.45) is 2.51. The molecule has 3 N–H and O–H groups in total. The molecule has 5 rings (SSSR count). The molecule has 1 aliphatic rings. The van der Waals surface area contributed by atoms with E-state index >= 15 is 0 Å². The van der Waals surface area contributed by atoms with Gasteiger partial charge < -0.3 is 15.7 Å². The lowest BCUT2D eigenvalue weighted by Crippen LogP contribution is -2.30. The SMILES string of the molecule is Cc1c(C(=O)O)ccc2c1CC[C@H]2NC(=O)c1cc(C(=O)NCc2ccc(C#N)s2)nc2ncnn12. The number of aromatic nitrogens is 4. The van der Waals surface area contributed by atoms with E-state index < -0.39 is 17.8 Å². The average molecular weight is 502 g/mol. The van der Waals surface area contributed by atoms with Crippen LogP contribution < -0.4 is 10.6 Å². The molecule has 0 spiro atoms. The maximum absolute atomic E-state index is 13.3. The van der Waals surface area contributed by atoms with Gasteiger partial charge >= 0.3 is 5.97 Å². The highest BCUT2D eigenvalue weighted by molar-refractivity contribution is 7.12. The van der Waals surface area contributed by atoms with Crippen molar-refractivity contribution in [2.24, 2.45) is 0 Å². The van der Waals surface area contributed by atoms with Gasteiger partial charge in [0.15, 0.2) is 0 Å². The minimum Gasteiger partial charge on any atom is -0.478 e. The van der Waals surface area contributed by atoms with Crippen molar-refractivity contribution < 1.29 is 19.5 Å². The van der Waals surface area contributed by atoms with Crippen molar-refractivity contribution in [2.45, 2.75) is 32.4 Å². The molecule has 4 aromatic rings. The maximum Gasteiger partial charge on any atom is 0.335 e. The van der Waals surface area contributed by atoms with E-state index in [0.717, 1.165) is 16.0 Å². The molecule has 3 aromatic heterocycles. The van der Waals surface area contributed by atoms with Crippen LogP contribution in [0.2, 0.25) is 0 Å². The third kappa shape index (κ3) is 4.16. The number of carbonyl (C=O) groups excluding carboxylic acids is 2. The first-order valence-electron chi connectivity index (χ1n) is 11.0. The Morgan fingerprint density at radius 1 is 1.25 bits per heavy atom. The maximum atomic E-state index is 13.3. The van der Waals surface area contributed by atoms with Crippen LogP contribution in [0.5, 0.6) is 0 Å². The molecule has 1 atom stereocenters. The van der Waals surface area contributed by atoms with Gasteiger partial charge in [-0.3, -0.25) is 9.59 Å². The molecule has 1 aromatic carbocycles. The minimum absolute atomic E-state index is 0.00600. The van der Waals surface area contributed by atoms with Crippen LogP contribution in [0.3, 0.4) is 0 Å². The molecule has 0 saturated heterocycles. The lowest BCUT2D eigenvalue weighted by Gasteiger charge is -2.16. The molecule has 0 bridgehead atoms. The van der Waals surface area contributed by atoms with E-state index in [1.54, 1.807) is 31.2 Å². The Morgan fingerprint density at radius 3 is 2.83 bits per heavy atom. The zero-order valence-electron chi connectivity index (χ0n) is 19.0. The number of nitrogens with zero attached hydrogens (tertiary/aromatic N) is 5. The van der Waals surface area contributed by atoms with Crippen molar-refractivity contribution in [1.82, 2.24) is 30.2 Å². The normalized spacial score (nSPS) is 14.3. The van der Waals surface area contributed by atoms with Crippen molar-refractivity contribution in [3.05, 3.63) is 80.1 Å². The first kappa shape index (κ1) is 23.1. The van der Waals surface area contributed by atoms with E-state index in [1.807, 2.05) is 0 Å². The quantitative estimate of drug-likeness (QED) is 0.363. The summed E-state index contributed by atoms with van der Waals surface area (Å²) in [6.45, 7) is 1.99. The van der Waals surface area contributed by atoms with Crippen LogP contribution >= 0.6 is 11.3 Å². The second-order valence-corrected chi connectivity index (χ2v) is 9.40. The van der Waals surface area contributed by atoms with Crippen LogP contribution in [0.25, 0.3) is 5.78 Å². The van der Waals surface area contributed by atoms with E-state index in [-0.39, 0.29) is 35.3 Å². The molecule has 0 unspecified atom stereocenters. The topological polar surface area (TPSA) is 162 Å². The summed E-state index contributed by atoms with van der Waals surface area (Å²) in [4.78, 5) is 47.1. The van der Waals surface area contributed by atoms with Crippen molar-refractivity contribution in [3.8, 4) is 6.07 Å². The molecule has 0 saturated carbocycles. The Labute approximate surface area is 208 Å². The van der Waals surface area contributed by atoms with Gasteiger partial charge in [-0.25, -0.2) is 9.78 Å². The zero-order valence-corrected chi connectivity index (χ0v) is 19.8. The van der Waals surface area contributed by atoms with Gasteiger partial charge in [0, 0.05) is 10.9 Å². The second-order valence-electron chi connectivity index (χ2n) is 8.23. The Balaban J connectivity index is 1.38. The Morgan fingerprint density at radius 2 is 2.08 bits per heavy atom. The van der Waals surface area contributed by atoms with Crippen LogP contribution in [-0.2, 0) is 13.0 Å². The summed E-state index contributed by atoms with van der Waals surface area (Å²) in [5.41, 5.74) is 2.85. The van der Waals surface area contributed by atoms with Gasteiger partial charge in [-0.15, -0.1) is 11.3 Å². The van der Waals surface area contributed by atoms with Crippen molar-refractivity contribution in [2.75, 3.05) is 0 Å². The third-order valence-electron chi connectivity index (χ3n) is 6.14. The van der Waals surface area contributed by atoms with Gasteiger partial charge in [-0.2, -0.15) is 19.9 Å². The number of benzene rings is 1. The van der Waals surface area contributed by atoms with Gasteiger partial charge in [0.2, 0.25) is 0 Å². The molecule has 2 amide bonds.